The summed E-state index contributed by atoms with van der Waals surface area (Å²) >= 11 is 0. The van der Waals surface area contributed by atoms with Crippen LogP contribution in [0.3, 0.4) is 0 Å². The molecule has 1 atom stereocenters. The summed E-state index contributed by atoms with van der Waals surface area (Å²) < 4.78 is 77.1. The van der Waals surface area contributed by atoms with Gasteiger partial charge in [-0.3, -0.25) is 4.90 Å². The lowest BCUT2D eigenvalue weighted by Gasteiger charge is -2.33. The summed E-state index contributed by atoms with van der Waals surface area (Å²) in [6.45, 7) is 8.09. The van der Waals surface area contributed by atoms with Gasteiger partial charge in [0.25, 0.3) is 0 Å². The highest BCUT2D eigenvalue weighted by atomic mass is 19.4. The molecule has 0 fully saturated rings. The molecule has 1 aromatic carbocycles. The fourth-order valence-corrected chi connectivity index (χ4v) is 2.44. The van der Waals surface area contributed by atoms with Crippen molar-refractivity contribution in [3.8, 4) is 0 Å². The molecule has 140 valence electrons. The molecule has 25 heavy (non-hydrogen) atoms. The van der Waals surface area contributed by atoms with Crippen molar-refractivity contribution in [1.82, 2.24) is 4.90 Å². The Morgan fingerprint density at radius 1 is 1.12 bits per heavy atom. The SMILES string of the molecule is C=C(C=C(C)C(c1cccc(C(F)(F)F)c1)N(C)C(C)C)C(F)(F)F. The van der Waals surface area contributed by atoms with E-state index in [1.54, 1.807) is 11.9 Å². The smallest absolute Gasteiger partial charge is 0.293 e. The molecule has 0 spiro atoms. The highest BCUT2D eigenvalue weighted by Crippen LogP contribution is 2.36. The number of hydrogen-bond donors (Lipinski definition) is 0. The van der Waals surface area contributed by atoms with Crippen molar-refractivity contribution in [2.75, 3.05) is 7.05 Å². The van der Waals surface area contributed by atoms with E-state index in [0.717, 1.165) is 18.2 Å². The number of benzene rings is 1. The van der Waals surface area contributed by atoms with Gasteiger partial charge in [0.05, 0.1) is 11.6 Å². The summed E-state index contributed by atoms with van der Waals surface area (Å²) in [4.78, 5) is 1.71. The van der Waals surface area contributed by atoms with Crippen molar-refractivity contribution in [3.63, 3.8) is 0 Å². The van der Waals surface area contributed by atoms with Crippen LogP contribution in [0.4, 0.5) is 26.3 Å². The Hall–Kier alpha value is -1.76. The zero-order valence-electron chi connectivity index (χ0n) is 14.5. The molecule has 0 heterocycles. The first-order valence-electron chi connectivity index (χ1n) is 7.58. The first kappa shape index (κ1) is 21.3. The van der Waals surface area contributed by atoms with Crippen LogP contribution in [0.2, 0.25) is 0 Å². The maximum absolute atomic E-state index is 13.0. The fourth-order valence-electron chi connectivity index (χ4n) is 2.44. The van der Waals surface area contributed by atoms with Gasteiger partial charge in [-0.25, -0.2) is 0 Å². The van der Waals surface area contributed by atoms with E-state index in [1.807, 2.05) is 13.8 Å². The quantitative estimate of drug-likeness (QED) is 0.447. The average molecular weight is 365 g/mol. The average Bonchev–Trinajstić information content (AvgIpc) is 2.45. The van der Waals surface area contributed by atoms with Crippen LogP contribution in [0.25, 0.3) is 0 Å². The number of halogens is 6. The predicted octanol–water partition coefficient (Wildman–Crippen LogP) is 6.15. The maximum Gasteiger partial charge on any atom is 0.416 e. The molecule has 0 aliphatic rings. The van der Waals surface area contributed by atoms with Crippen LogP contribution < -0.4 is 0 Å². The Labute approximate surface area is 143 Å². The predicted molar refractivity (Wildman–Crippen MR) is 86.0 cm³/mol. The van der Waals surface area contributed by atoms with E-state index >= 15 is 0 Å². The van der Waals surface area contributed by atoms with E-state index in [2.05, 4.69) is 6.58 Å². The highest BCUT2D eigenvalue weighted by molar-refractivity contribution is 5.36. The summed E-state index contributed by atoms with van der Waals surface area (Å²) in [7, 11) is 1.66. The number of allylic oxidation sites excluding steroid dienone is 2. The molecule has 0 bridgehead atoms. The zero-order chi connectivity index (χ0) is 19.6. The van der Waals surface area contributed by atoms with Crippen molar-refractivity contribution in [2.45, 2.75) is 45.2 Å². The summed E-state index contributed by atoms with van der Waals surface area (Å²) in [6, 6.07) is 3.81. The van der Waals surface area contributed by atoms with Crippen molar-refractivity contribution in [3.05, 3.63) is 59.2 Å². The van der Waals surface area contributed by atoms with Crippen LogP contribution in [0.1, 0.15) is 37.9 Å². The normalized spacial score (nSPS) is 15.0. The van der Waals surface area contributed by atoms with Gasteiger partial charge in [-0.2, -0.15) is 26.3 Å². The Balaban J connectivity index is 3.41. The zero-order valence-corrected chi connectivity index (χ0v) is 14.5. The van der Waals surface area contributed by atoms with Crippen LogP contribution in [0.15, 0.2) is 48.1 Å². The molecule has 1 aromatic rings. The van der Waals surface area contributed by atoms with Gasteiger partial charge in [0.15, 0.2) is 0 Å². The Bertz CT molecular complexity index is 640. The third-order valence-corrected chi connectivity index (χ3v) is 3.95. The van der Waals surface area contributed by atoms with E-state index in [9.17, 15) is 26.3 Å². The standard InChI is InChI=1S/C18H21F6N/c1-11(2)25(5)16(12(3)9-13(4)17(19,20)21)14-7-6-8-15(10-14)18(22,23)24/h6-11,16H,4H2,1-3,5H3. The second-order valence-electron chi connectivity index (χ2n) is 6.20. The topological polar surface area (TPSA) is 3.24 Å². The molecule has 0 amide bonds. The van der Waals surface area contributed by atoms with E-state index in [1.165, 1.54) is 19.1 Å². The minimum atomic E-state index is -4.59. The van der Waals surface area contributed by atoms with Crippen molar-refractivity contribution >= 4 is 0 Å². The van der Waals surface area contributed by atoms with Crippen LogP contribution in [-0.4, -0.2) is 24.2 Å². The Morgan fingerprint density at radius 3 is 2.12 bits per heavy atom. The van der Waals surface area contributed by atoms with Crippen LogP contribution in [-0.2, 0) is 6.18 Å². The molecule has 1 unspecified atom stereocenters. The molecule has 0 aliphatic carbocycles. The number of alkyl halides is 6. The van der Waals surface area contributed by atoms with Gasteiger partial charge in [0, 0.05) is 11.6 Å². The second-order valence-corrected chi connectivity index (χ2v) is 6.20. The minimum Gasteiger partial charge on any atom is -0.293 e. The third kappa shape index (κ3) is 5.63. The number of likely N-dealkylation sites (N-methyl/N-ethyl adjacent to an activating group) is 1. The first-order valence-corrected chi connectivity index (χ1v) is 7.58. The van der Waals surface area contributed by atoms with Gasteiger partial charge in [0.1, 0.15) is 0 Å². The van der Waals surface area contributed by atoms with Gasteiger partial charge < -0.3 is 0 Å². The summed E-state index contributed by atoms with van der Waals surface area (Å²) in [6.07, 6.45) is -8.23. The molecule has 0 aromatic heterocycles. The number of nitrogens with zero attached hydrogens (tertiary/aromatic N) is 1. The van der Waals surface area contributed by atoms with E-state index in [0.29, 0.717) is 0 Å². The van der Waals surface area contributed by atoms with Gasteiger partial charge in [-0.15, -0.1) is 0 Å². The molecule has 0 radical (unpaired) electrons. The monoisotopic (exact) mass is 365 g/mol. The van der Waals surface area contributed by atoms with Crippen molar-refractivity contribution in [1.29, 1.82) is 0 Å². The fraction of sp³-hybridized carbons (Fsp3) is 0.444. The highest BCUT2D eigenvalue weighted by Gasteiger charge is 2.33. The Morgan fingerprint density at radius 2 is 1.68 bits per heavy atom. The number of hydrogen-bond acceptors (Lipinski definition) is 1. The molecule has 0 saturated carbocycles. The van der Waals surface area contributed by atoms with Gasteiger partial charge in [0.2, 0.25) is 0 Å². The summed E-state index contributed by atoms with van der Waals surface area (Å²) in [5.74, 6) is 0. The van der Waals surface area contributed by atoms with E-state index in [-0.39, 0.29) is 17.2 Å². The van der Waals surface area contributed by atoms with E-state index < -0.39 is 29.5 Å². The maximum atomic E-state index is 13.0. The third-order valence-electron chi connectivity index (χ3n) is 3.95. The van der Waals surface area contributed by atoms with Gasteiger partial charge in [-0.1, -0.05) is 24.3 Å². The molecular formula is C18H21F6N. The van der Waals surface area contributed by atoms with Crippen LogP contribution in [0, 0.1) is 0 Å². The summed E-state index contributed by atoms with van der Waals surface area (Å²) in [5.41, 5.74) is -1.35. The lowest BCUT2D eigenvalue weighted by molar-refractivity contribution is -0.137. The molecule has 0 aliphatic heterocycles. The molecular weight excluding hydrogens is 344 g/mol. The van der Waals surface area contributed by atoms with Crippen LogP contribution >= 0.6 is 0 Å². The lowest BCUT2D eigenvalue weighted by atomic mass is 9.94. The first-order chi connectivity index (χ1) is 11.2. The van der Waals surface area contributed by atoms with Gasteiger partial charge >= 0.3 is 12.4 Å². The van der Waals surface area contributed by atoms with Crippen LogP contribution in [0.5, 0.6) is 0 Å². The molecule has 1 rings (SSSR count). The summed E-state index contributed by atoms with van der Waals surface area (Å²) in [5, 5.41) is 0. The lowest BCUT2D eigenvalue weighted by Crippen LogP contribution is -2.32. The molecule has 0 saturated heterocycles. The minimum absolute atomic E-state index is 0.0953. The van der Waals surface area contributed by atoms with E-state index in [4.69, 9.17) is 0 Å². The second kappa shape index (κ2) is 7.64. The Kier molecular flexibility index (Phi) is 6.50. The molecule has 7 heteroatoms. The number of rotatable bonds is 5. The molecule has 1 nitrogen and oxygen atoms in total. The van der Waals surface area contributed by atoms with Crippen molar-refractivity contribution in [2.24, 2.45) is 0 Å². The van der Waals surface area contributed by atoms with Gasteiger partial charge in [-0.05, 0) is 51.6 Å². The molecule has 0 N–H and O–H groups in total. The van der Waals surface area contributed by atoms with Crippen molar-refractivity contribution < 1.29 is 26.3 Å². The largest absolute Gasteiger partial charge is 0.416 e.